The lowest BCUT2D eigenvalue weighted by Gasteiger charge is -2.30. The monoisotopic (exact) mass is 238 g/mol. The first-order chi connectivity index (χ1) is 7.75. The Morgan fingerprint density at radius 3 is 2.53 bits per heavy atom. The van der Waals surface area contributed by atoms with Crippen molar-refractivity contribution in [2.24, 2.45) is 18.2 Å². The van der Waals surface area contributed by atoms with Crippen LogP contribution in [0.2, 0.25) is 0 Å². The molecule has 0 fully saturated rings. The Labute approximate surface area is 102 Å². The van der Waals surface area contributed by atoms with Crippen LogP contribution in [0.3, 0.4) is 0 Å². The quantitative estimate of drug-likeness (QED) is 0.819. The lowest BCUT2D eigenvalue weighted by molar-refractivity contribution is 0.0905. The van der Waals surface area contributed by atoms with E-state index in [-0.39, 0.29) is 17.4 Å². The van der Waals surface area contributed by atoms with Crippen molar-refractivity contribution in [3.63, 3.8) is 0 Å². The highest BCUT2D eigenvalue weighted by Gasteiger charge is 2.26. The molecule has 1 rings (SSSR count). The number of nitrogens with one attached hydrogen (secondary N) is 1. The van der Waals surface area contributed by atoms with Gasteiger partial charge in [-0.15, -0.1) is 0 Å². The second-order valence-corrected chi connectivity index (χ2v) is 5.43. The maximum atomic E-state index is 12.1. The molecule has 1 amide bonds. The second kappa shape index (κ2) is 4.87. The van der Waals surface area contributed by atoms with Gasteiger partial charge in [-0.25, -0.2) is 0 Å². The largest absolute Gasteiger partial charge is 0.347 e. The van der Waals surface area contributed by atoms with E-state index in [4.69, 9.17) is 5.73 Å². The summed E-state index contributed by atoms with van der Waals surface area (Å²) < 4.78 is 1.64. The normalized spacial score (nSPS) is 13.5. The number of aryl methyl sites for hydroxylation is 2. The molecule has 0 aromatic carbocycles. The Balaban J connectivity index is 2.82. The number of nitrogens with zero attached hydrogens (tertiary/aromatic N) is 2. The summed E-state index contributed by atoms with van der Waals surface area (Å²) in [5.74, 6) is -0.110. The van der Waals surface area contributed by atoms with Gasteiger partial charge < -0.3 is 11.1 Å². The highest BCUT2D eigenvalue weighted by atomic mass is 16.1. The molecule has 0 aliphatic heterocycles. The summed E-state index contributed by atoms with van der Waals surface area (Å²) in [6, 6.07) is -0.0467. The van der Waals surface area contributed by atoms with E-state index in [1.54, 1.807) is 17.9 Å². The molecule has 1 aromatic heterocycles. The smallest absolute Gasteiger partial charge is 0.255 e. The number of aromatic nitrogens is 2. The molecule has 1 heterocycles. The molecular weight excluding hydrogens is 216 g/mol. The van der Waals surface area contributed by atoms with Crippen LogP contribution in [0.1, 0.15) is 36.8 Å². The molecule has 5 nitrogen and oxygen atoms in total. The third-order valence-corrected chi connectivity index (χ3v) is 2.84. The summed E-state index contributed by atoms with van der Waals surface area (Å²) in [6.45, 7) is 8.42. The Morgan fingerprint density at radius 2 is 2.18 bits per heavy atom. The Bertz CT molecular complexity index is 403. The van der Waals surface area contributed by atoms with E-state index < -0.39 is 0 Å². The predicted molar refractivity (Wildman–Crippen MR) is 67.7 cm³/mol. The topological polar surface area (TPSA) is 72.9 Å². The van der Waals surface area contributed by atoms with Gasteiger partial charge in [-0.2, -0.15) is 5.10 Å². The molecule has 3 N–H and O–H groups in total. The summed E-state index contributed by atoms with van der Waals surface area (Å²) in [5, 5.41) is 7.11. The number of hydrogen-bond acceptors (Lipinski definition) is 3. The summed E-state index contributed by atoms with van der Waals surface area (Å²) in [5.41, 5.74) is 6.98. The van der Waals surface area contributed by atoms with Crippen molar-refractivity contribution < 1.29 is 4.79 Å². The van der Waals surface area contributed by atoms with Crippen LogP contribution >= 0.6 is 0 Å². The first-order valence-electron chi connectivity index (χ1n) is 5.77. The molecule has 0 saturated carbocycles. The number of carbonyl (C=O) groups is 1. The van der Waals surface area contributed by atoms with Gasteiger partial charge in [-0.3, -0.25) is 9.48 Å². The Kier molecular flexibility index (Phi) is 3.93. The molecule has 0 aliphatic carbocycles. The average molecular weight is 238 g/mol. The van der Waals surface area contributed by atoms with E-state index in [2.05, 4.69) is 31.2 Å². The number of nitrogens with two attached hydrogens (primary N) is 1. The molecule has 1 unspecified atom stereocenters. The fourth-order valence-electron chi connectivity index (χ4n) is 1.69. The molecule has 1 aromatic rings. The zero-order chi connectivity index (χ0) is 13.2. The minimum atomic E-state index is -0.110. The first-order valence-corrected chi connectivity index (χ1v) is 5.77. The van der Waals surface area contributed by atoms with Crippen LogP contribution in [-0.2, 0) is 7.05 Å². The number of hydrogen-bond donors (Lipinski definition) is 2. The van der Waals surface area contributed by atoms with Crippen LogP contribution in [0.25, 0.3) is 0 Å². The summed E-state index contributed by atoms with van der Waals surface area (Å²) >= 11 is 0. The second-order valence-electron chi connectivity index (χ2n) is 5.43. The average Bonchev–Trinajstić information content (AvgIpc) is 2.52. The third-order valence-electron chi connectivity index (χ3n) is 2.84. The predicted octanol–water partition coefficient (Wildman–Crippen LogP) is 0.832. The van der Waals surface area contributed by atoms with Crippen molar-refractivity contribution in [3.8, 4) is 0 Å². The Hall–Kier alpha value is -1.36. The van der Waals surface area contributed by atoms with Gasteiger partial charge in [0.15, 0.2) is 0 Å². The van der Waals surface area contributed by atoms with Gasteiger partial charge in [0.05, 0.1) is 11.3 Å². The fraction of sp³-hybridized carbons (Fsp3) is 0.667. The third kappa shape index (κ3) is 3.30. The number of amides is 1. The van der Waals surface area contributed by atoms with E-state index in [1.807, 2.05) is 6.92 Å². The van der Waals surface area contributed by atoms with Gasteiger partial charge in [0.2, 0.25) is 0 Å². The molecule has 0 aliphatic rings. The van der Waals surface area contributed by atoms with E-state index in [0.717, 1.165) is 5.69 Å². The van der Waals surface area contributed by atoms with Crippen molar-refractivity contribution in [3.05, 3.63) is 17.5 Å². The fourth-order valence-corrected chi connectivity index (χ4v) is 1.69. The van der Waals surface area contributed by atoms with Gasteiger partial charge in [0, 0.05) is 25.8 Å². The molecule has 5 heteroatoms. The van der Waals surface area contributed by atoms with E-state index in [9.17, 15) is 4.79 Å². The molecular formula is C12H22N4O. The van der Waals surface area contributed by atoms with E-state index in [0.29, 0.717) is 12.1 Å². The maximum Gasteiger partial charge on any atom is 0.255 e. The molecule has 0 radical (unpaired) electrons. The first kappa shape index (κ1) is 13.7. The van der Waals surface area contributed by atoms with Crippen LogP contribution in [-0.4, -0.2) is 28.3 Å². The summed E-state index contributed by atoms with van der Waals surface area (Å²) in [6.07, 6.45) is 1.72. The van der Waals surface area contributed by atoms with Crippen LogP contribution < -0.4 is 11.1 Å². The Morgan fingerprint density at radius 1 is 1.59 bits per heavy atom. The van der Waals surface area contributed by atoms with Gasteiger partial charge in [0.25, 0.3) is 5.91 Å². The molecule has 1 atom stereocenters. The van der Waals surface area contributed by atoms with Crippen molar-refractivity contribution in [2.75, 3.05) is 6.54 Å². The zero-order valence-electron chi connectivity index (χ0n) is 11.2. The molecule has 0 spiro atoms. The van der Waals surface area contributed by atoms with Crippen LogP contribution in [0, 0.1) is 12.3 Å². The van der Waals surface area contributed by atoms with Crippen molar-refractivity contribution >= 4 is 5.91 Å². The SMILES string of the molecule is Cc1nn(C)cc1C(=O)NC(CN)C(C)(C)C. The zero-order valence-corrected chi connectivity index (χ0v) is 11.2. The van der Waals surface area contributed by atoms with Crippen LogP contribution in [0.5, 0.6) is 0 Å². The summed E-state index contributed by atoms with van der Waals surface area (Å²) in [4.78, 5) is 12.1. The van der Waals surface area contributed by atoms with Gasteiger partial charge in [-0.1, -0.05) is 20.8 Å². The van der Waals surface area contributed by atoms with E-state index >= 15 is 0 Å². The van der Waals surface area contributed by atoms with Crippen molar-refractivity contribution in [1.29, 1.82) is 0 Å². The molecule has 96 valence electrons. The van der Waals surface area contributed by atoms with Crippen LogP contribution in [0.4, 0.5) is 0 Å². The van der Waals surface area contributed by atoms with Crippen molar-refractivity contribution in [2.45, 2.75) is 33.7 Å². The minimum absolute atomic E-state index is 0.0467. The maximum absolute atomic E-state index is 12.1. The molecule has 17 heavy (non-hydrogen) atoms. The highest BCUT2D eigenvalue weighted by Crippen LogP contribution is 2.19. The minimum Gasteiger partial charge on any atom is -0.347 e. The van der Waals surface area contributed by atoms with E-state index in [1.165, 1.54) is 0 Å². The molecule has 0 bridgehead atoms. The lowest BCUT2D eigenvalue weighted by atomic mass is 9.86. The number of rotatable bonds is 3. The van der Waals surface area contributed by atoms with Gasteiger partial charge in [0.1, 0.15) is 0 Å². The summed E-state index contributed by atoms with van der Waals surface area (Å²) in [7, 11) is 1.80. The van der Waals surface area contributed by atoms with Crippen molar-refractivity contribution in [1.82, 2.24) is 15.1 Å². The molecule has 0 saturated heterocycles. The number of carbonyl (C=O) groups excluding carboxylic acids is 1. The highest BCUT2D eigenvalue weighted by molar-refractivity contribution is 5.95. The lowest BCUT2D eigenvalue weighted by Crippen LogP contribution is -2.48. The van der Waals surface area contributed by atoms with Gasteiger partial charge >= 0.3 is 0 Å². The van der Waals surface area contributed by atoms with Gasteiger partial charge in [-0.05, 0) is 12.3 Å². The standard InChI is InChI=1S/C12H22N4O/c1-8-9(7-16(5)15-8)11(17)14-10(6-13)12(2,3)4/h7,10H,6,13H2,1-5H3,(H,14,17). The van der Waals surface area contributed by atoms with Crippen LogP contribution in [0.15, 0.2) is 6.20 Å².